The number of carbonyl (C=O) groups is 1. The van der Waals surface area contributed by atoms with Crippen LogP contribution in [0.3, 0.4) is 0 Å². The first-order chi connectivity index (χ1) is 7.24. The van der Waals surface area contributed by atoms with Gasteiger partial charge in [-0.15, -0.1) is 0 Å². The van der Waals surface area contributed by atoms with Crippen molar-refractivity contribution in [1.82, 2.24) is 5.01 Å². The molecule has 4 nitrogen and oxygen atoms in total. The molecule has 0 unspecified atom stereocenters. The fourth-order valence-corrected chi connectivity index (χ4v) is 1.64. The Labute approximate surface area is 91.3 Å². The molecule has 0 radical (unpaired) electrons. The van der Waals surface area contributed by atoms with Crippen molar-refractivity contribution in [2.75, 3.05) is 19.7 Å². The molecule has 1 rings (SSSR count). The Bertz CT molecular complexity index is 231. The molecule has 0 amide bonds. The number of hydrazone groups is 1. The molecule has 0 aliphatic carbocycles. The van der Waals surface area contributed by atoms with E-state index in [0.717, 1.165) is 13.1 Å². The summed E-state index contributed by atoms with van der Waals surface area (Å²) in [4.78, 5) is 11.3. The molecule has 0 aromatic rings. The predicted octanol–water partition coefficient (Wildman–Crippen LogP) is 1.80. The van der Waals surface area contributed by atoms with E-state index < -0.39 is 0 Å². The lowest BCUT2D eigenvalue weighted by atomic mass is 10.2. The molecule has 86 valence electrons. The molecular formula is C11H20N2O2. The van der Waals surface area contributed by atoms with Gasteiger partial charge in [0.25, 0.3) is 0 Å². The Morgan fingerprint density at radius 2 is 1.87 bits per heavy atom. The number of hydrogen-bond donors (Lipinski definition) is 0. The zero-order valence-electron chi connectivity index (χ0n) is 9.66. The molecule has 1 heterocycles. The highest BCUT2D eigenvalue weighted by Gasteiger charge is 2.11. The van der Waals surface area contributed by atoms with Gasteiger partial charge in [-0.1, -0.05) is 12.8 Å². The lowest BCUT2D eigenvalue weighted by Crippen LogP contribution is -2.23. The van der Waals surface area contributed by atoms with E-state index in [2.05, 4.69) is 5.10 Å². The average Bonchev–Trinajstić information content (AvgIpc) is 2.46. The summed E-state index contributed by atoms with van der Waals surface area (Å²) in [5, 5.41) is 6.28. The summed E-state index contributed by atoms with van der Waals surface area (Å²) < 4.78 is 4.88. The quantitative estimate of drug-likeness (QED) is 0.529. The van der Waals surface area contributed by atoms with Crippen LogP contribution in [0.2, 0.25) is 0 Å². The summed E-state index contributed by atoms with van der Waals surface area (Å²) in [5.41, 5.74) is 0.457. The smallest absolute Gasteiger partial charge is 0.354 e. The van der Waals surface area contributed by atoms with Gasteiger partial charge in [0, 0.05) is 13.1 Å². The predicted molar refractivity (Wildman–Crippen MR) is 59.8 cm³/mol. The summed E-state index contributed by atoms with van der Waals surface area (Å²) in [6, 6.07) is 0. The van der Waals surface area contributed by atoms with E-state index in [9.17, 15) is 4.79 Å². The van der Waals surface area contributed by atoms with Crippen LogP contribution in [0.5, 0.6) is 0 Å². The van der Waals surface area contributed by atoms with Crippen molar-refractivity contribution in [3.8, 4) is 0 Å². The zero-order chi connectivity index (χ0) is 11.1. The molecule has 0 bridgehead atoms. The number of ether oxygens (including phenoxy) is 1. The zero-order valence-corrected chi connectivity index (χ0v) is 9.66. The number of carbonyl (C=O) groups excluding carboxylic acids is 1. The SMILES string of the molecule is CCOC(=O)/C(C)=N/N1CCCCCC1. The minimum Gasteiger partial charge on any atom is -0.461 e. The monoisotopic (exact) mass is 212 g/mol. The van der Waals surface area contributed by atoms with E-state index in [0.29, 0.717) is 12.3 Å². The summed E-state index contributed by atoms with van der Waals surface area (Å²) in [6.45, 7) is 5.83. The van der Waals surface area contributed by atoms with Crippen molar-refractivity contribution < 1.29 is 9.53 Å². The first-order valence-corrected chi connectivity index (χ1v) is 5.71. The van der Waals surface area contributed by atoms with Crippen LogP contribution in [0, 0.1) is 0 Å². The third kappa shape index (κ3) is 4.32. The third-order valence-electron chi connectivity index (χ3n) is 2.44. The van der Waals surface area contributed by atoms with Crippen LogP contribution < -0.4 is 0 Å². The summed E-state index contributed by atoms with van der Waals surface area (Å²) >= 11 is 0. The van der Waals surface area contributed by atoms with Gasteiger partial charge in [-0.2, -0.15) is 5.10 Å². The lowest BCUT2D eigenvalue weighted by molar-refractivity contribution is -0.135. The minimum atomic E-state index is -0.304. The normalized spacial score (nSPS) is 18.5. The Morgan fingerprint density at radius 3 is 2.40 bits per heavy atom. The van der Waals surface area contributed by atoms with E-state index in [1.54, 1.807) is 13.8 Å². The molecule has 0 N–H and O–H groups in total. The van der Waals surface area contributed by atoms with E-state index in [1.165, 1.54) is 25.7 Å². The molecule has 0 aromatic carbocycles. The number of rotatable bonds is 3. The van der Waals surface area contributed by atoms with Crippen molar-refractivity contribution in [1.29, 1.82) is 0 Å². The van der Waals surface area contributed by atoms with Crippen LogP contribution in [0.15, 0.2) is 5.10 Å². The van der Waals surface area contributed by atoms with E-state index in [-0.39, 0.29) is 5.97 Å². The Hall–Kier alpha value is -1.06. The maximum atomic E-state index is 11.3. The minimum absolute atomic E-state index is 0.304. The van der Waals surface area contributed by atoms with Gasteiger partial charge in [-0.3, -0.25) is 5.01 Å². The number of hydrogen-bond acceptors (Lipinski definition) is 4. The molecule has 1 aliphatic rings. The van der Waals surface area contributed by atoms with Gasteiger partial charge in [0.05, 0.1) is 6.61 Å². The number of nitrogens with zero attached hydrogens (tertiary/aromatic N) is 2. The fourth-order valence-electron chi connectivity index (χ4n) is 1.64. The molecule has 4 heteroatoms. The summed E-state index contributed by atoms with van der Waals surface area (Å²) in [5.74, 6) is -0.304. The van der Waals surface area contributed by atoms with Gasteiger partial charge < -0.3 is 4.74 Å². The number of esters is 1. The van der Waals surface area contributed by atoms with Crippen molar-refractivity contribution >= 4 is 11.7 Å². The molecule has 1 saturated heterocycles. The maximum Gasteiger partial charge on any atom is 0.354 e. The summed E-state index contributed by atoms with van der Waals surface area (Å²) in [7, 11) is 0. The largest absolute Gasteiger partial charge is 0.461 e. The molecule has 0 atom stereocenters. The van der Waals surface area contributed by atoms with Crippen LogP contribution in [-0.4, -0.2) is 36.4 Å². The second-order valence-corrected chi connectivity index (χ2v) is 3.77. The molecule has 1 fully saturated rings. The van der Waals surface area contributed by atoms with Crippen LogP contribution >= 0.6 is 0 Å². The Balaban J connectivity index is 2.48. The van der Waals surface area contributed by atoms with Crippen LogP contribution in [0.1, 0.15) is 39.5 Å². The van der Waals surface area contributed by atoms with E-state index >= 15 is 0 Å². The van der Waals surface area contributed by atoms with Gasteiger partial charge in [0.2, 0.25) is 0 Å². The molecule has 0 aromatic heterocycles. The highest BCUT2D eigenvalue weighted by Crippen LogP contribution is 2.09. The standard InChI is InChI=1S/C11H20N2O2/c1-3-15-11(14)10(2)12-13-8-6-4-5-7-9-13/h3-9H2,1-2H3/b12-10+. The summed E-state index contributed by atoms with van der Waals surface area (Å²) in [6.07, 6.45) is 4.87. The Kier molecular flexibility index (Phi) is 5.15. The Morgan fingerprint density at radius 1 is 1.27 bits per heavy atom. The van der Waals surface area contributed by atoms with Gasteiger partial charge in [0.15, 0.2) is 0 Å². The van der Waals surface area contributed by atoms with Crippen LogP contribution in [0.4, 0.5) is 0 Å². The van der Waals surface area contributed by atoms with Gasteiger partial charge in [-0.25, -0.2) is 4.79 Å². The van der Waals surface area contributed by atoms with E-state index in [4.69, 9.17) is 4.74 Å². The van der Waals surface area contributed by atoms with Crippen molar-refractivity contribution in [3.05, 3.63) is 0 Å². The molecular weight excluding hydrogens is 192 g/mol. The molecule has 15 heavy (non-hydrogen) atoms. The first kappa shape index (κ1) is 12.0. The van der Waals surface area contributed by atoms with Crippen molar-refractivity contribution in [3.63, 3.8) is 0 Å². The lowest BCUT2D eigenvalue weighted by Gasteiger charge is -2.16. The molecule has 0 spiro atoms. The average molecular weight is 212 g/mol. The highest BCUT2D eigenvalue weighted by atomic mass is 16.5. The van der Waals surface area contributed by atoms with Crippen molar-refractivity contribution in [2.45, 2.75) is 39.5 Å². The van der Waals surface area contributed by atoms with Crippen molar-refractivity contribution in [2.24, 2.45) is 5.10 Å². The maximum absolute atomic E-state index is 11.3. The van der Waals surface area contributed by atoms with E-state index in [1.807, 2.05) is 5.01 Å². The molecule has 1 aliphatic heterocycles. The third-order valence-corrected chi connectivity index (χ3v) is 2.44. The fraction of sp³-hybridized carbons (Fsp3) is 0.818. The topological polar surface area (TPSA) is 41.9 Å². The van der Waals surface area contributed by atoms with Gasteiger partial charge in [0.1, 0.15) is 5.71 Å². The second-order valence-electron chi connectivity index (χ2n) is 3.77. The first-order valence-electron chi connectivity index (χ1n) is 5.71. The van der Waals surface area contributed by atoms with Gasteiger partial charge >= 0.3 is 5.97 Å². The highest BCUT2D eigenvalue weighted by molar-refractivity contribution is 6.35. The van der Waals surface area contributed by atoms with Crippen LogP contribution in [-0.2, 0) is 9.53 Å². The second kappa shape index (κ2) is 6.43. The van der Waals surface area contributed by atoms with Crippen LogP contribution in [0.25, 0.3) is 0 Å². The van der Waals surface area contributed by atoms with Gasteiger partial charge in [-0.05, 0) is 26.7 Å². The molecule has 0 saturated carbocycles.